The van der Waals surface area contributed by atoms with Gasteiger partial charge in [0.2, 0.25) is 11.8 Å². The fourth-order valence-electron chi connectivity index (χ4n) is 4.02. The second kappa shape index (κ2) is 7.26. The molecular formula is C19H22FN3O4. The predicted octanol–water partition coefficient (Wildman–Crippen LogP) is 1.07. The largest absolute Gasteiger partial charge is 0.376 e. The molecule has 3 aliphatic heterocycles. The third-order valence-corrected chi connectivity index (χ3v) is 5.40. The van der Waals surface area contributed by atoms with E-state index in [1.165, 1.54) is 21.9 Å². The van der Waals surface area contributed by atoms with Gasteiger partial charge in [-0.15, -0.1) is 0 Å². The zero-order valence-corrected chi connectivity index (χ0v) is 14.9. The molecule has 0 radical (unpaired) electrons. The molecule has 1 aromatic rings. The van der Waals surface area contributed by atoms with E-state index in [2.05, 4.69) is 5.32 Å². The maximum Gasteiger partial charge on any atom is 0.256 e. The number of ether oxygens (including phenoxy) is 1. The fourth-order valence-corrected chi connectivity index (χ4v) is 4.02. The molecular weight excluding hydrogens is 353 g/mol. The van der Waals surface area contributed by atoms with Crippen LogP contribution in [0.1, 0.15) is 36.0 Å². The van der Waals surface area contributed by atoms with Crippen molar-refractivity contribution in [2.24, 2.45) is 0 Å². The fraction of sp³-hybridized carbons (Fsp3) is 0.526. The molecule has 8 heteroatoms. The minimum absolute atomic E-state index is 0.00887. The van der Waals surface area contributed by atoms with Gasteiger partial charge in [-0.25, -0.2) is 4.39 Å². The lowest BCUT2D eigenvalue weighted by Crippen LogP contribution is -2.48. The lowest BCUT2D eigenvalue weighted by Gasteiger charge is -2.25. The van der Waals surface area contributed by atoms with Gasteiger partial charge in [0, 0.05) is 19.7 Å². The van der Waals surface area contributed by atoms with Crippen molar-refractivity contribution in [3.63, 3.8) is 0 Å². The summed E-state index contributed by atoms with van der Waals surface area (Å²) in [5.74, 6) is -1.53. The zero-order chi connectivity index (χ0) is 19.0. The van der Waals surface area contributed by atoms with Crippen LogP contribution in [0, 0.1) is 5.82 Å². The molecule has 27 heavy (non-hydrogen) atoms. The van der Waals surface area contributed by atoms with Gasteiger partial charge in [-0.1, -0.05) is 0 Å². The lowest BCUT2D eigenvalue weighted by molar-refractivity contribution is -0.125. The van der Waals surface area contributed by atoms with Crippen LogP contribution < -0.4 is 10.2 Å². The monoisotopic (exact) mass is 375 g/mol. The number of benzene rings is 1. The molecule has 0 saturated carbocycles. The Morgan fingerprint density at radius 2 is 2.11 bits per heavy atom. The van der Waals surface area contributed by atoms with Gasteiger partial charge in [0.25, 0.3) is 5.91 Å². The van der Waals surface area contributed by atoms with Gasteiger partial charge < -0.3 is 19.9 Å². The average Bonchev–Trinajstić information content (AvgIpc) is 3.33. The first-order chi connectivity index (χ1) is 13.0. The van der Waals surface area contributed by atoms with Gasteiger partial charge in [-0.2, -0.15) is 0 Å². The highest BCUT2D eigenvalue weighted by atomic mass is 19.1. The standard InChI is InChI=1S/C19H22FN3O4/c20-12-5-6-14-16(9-12)23(11-17(24)21-10-13-3-2-8-27-13)19(26)15-4-1-7-22(15)18(14)25/h5-6,9,13,15H,1-4,7-8,10-11H2,(H,21,24)/t13-,15+/m0/s1. The molecule has 0 bridgehead atoms. The summed E-state index contributed by atoms with van der Waals surface area (Å²) in [6.45, 7) is 1.31. The Morgan fingerprint density at radius 1 is 1.26 bits per heavy atom. The Kier molecular flexibility index (Phi) is 4.82. The van der Waals surface area contributed by atoms with Crippen LogP contribution in [0.25, 0.3) is 0 Å². The number of rotatable bonds is 4. The van der Waals surface area contributed by atoms with Crippen molar-refractivity contribution in [1.29, 1.82) is 0 Å². The van der Waals surface area contributed by atoms with Crippen LogP contribution in [0.15, 0.2) is 18.2 Å². The van der Waals surface area contributed by atoms with Crippen LogP contribution in [0.4, 0.5) is 10.1 Å². The highest BCUT2D eigenvalue weighted by molar-refractivity contribution is 6.12. The zero-order valence-electron chi connectivity index (χ0n) is 14.9. The number of anilines is 1. The van der Waals surface area contributed by atoms with Gasteiger partial charge in [-0.05, 0) is 43.9 Å². The number of amides is 3. The Labute approximate surface area is 156 Å². The van der Waals surface area contributed by atoms with Crippen molar-refractivity contribution in [2.75, 3.05) is 31.1 Å². The van der Waals surface area contributed by atoms with Crippen molar-refractivity contribution in [3.8, 4) is 0 Å². The molecule has 4 rings (SSSR count). The molecule has 3 heterocycles. The first-order valence-electron chi connectivity index (χ1n) is 9.35. The summed E-state index contributed by atoms with van der Waals surface area (Å²) in [5.41, 5.74) is 0.410. The van der Waals surface area contributed by atoms with Gasteiger partial charge in [-0.3, -0.25) is 14.4 Å². The van der Waals surface area contributed by atoms with Gasteiger partial charge in [0.1, 0.15) is 18.4 Å². The van der Waals surface area contributed by atoms with E-state index >= 15 is 0 Å². The molecule has 2 fully saturated rings. The summed E-state index contributed by atoms with van der Waals surface area (Å²) in [4.78, 5) is 41.1. The number of carbonyl (C=O) groups excluding carboxylic acids is 3. The smallest absolute Gasteiger partial charge is 0.256 e. The third-order valence-electron chi connectivity index (χ3n) is 5.40. The van der Waals surface area contributed by atoms with Crippen LogP contribution in [0.5, 0.6) is 0 Å². The molecule has 1 aromatic carbocycles. The summed E-state index contributed by atoms with van der Waals surface area (Å²) in [6, 6.07) is 3.14. The van der Waals surface area contributed by atoms with Crippen molar-refractivity contribution in [1.82, 2.24) is 10.2 Å². The highest BCUT2D eigenvalue weighted by Crippen LogP contribution is 2.32. The molecule has 0 aliphatic carbocycles. The molecule has 0 spiro atoms. The molecule has 7 nitrogen and oxygen atoms in total. The quantitative estimate of drug-likeness (QED) is 0.854. The molecule has 2 atom stereocenters. The Balaban J connectivity index is 1.58. The van der Waals surface area contributed by atoms with E-state index in [0.29, 0.717) is 26.1 Å². The summed E-state index contributed by atoms with van der Waals surface area (Å²) in [7, 11) is 0. The first kappa shape index (κ1) is 17.9. The van der Waals surface area contributed by atoms with Crippen molar-refractivity contribution < 1.29 is 23.5 Å². The second-order valence-electron chi connectivity index (χ2n) is 7.18. The summed E-state index contributed by atoms with van der Waals surface area (Å²) >= 11 is 0. The molecule has 3 amide bonds. The van der Waals surface area contributed by atoms with Crippen LogP contribution in [0.3, 0.4) is 0 Å². The molecule has 0 aromatic heterocycles. The van der Waals surface area contributed by atoms with Crippen molar-refractivity contribution in [2.45, 2.75) is 37.8 Å². The van der Waals surface area contributed by atoms with E-state index < -0.39 is 11.9 Å². The maximum atomic E-state index is 13.9. The SMILES string of the molecule is O=C(CN1C(=O)[C@H]2CCCN2C(=O)c2ccc(F)cc21)NC[C@@H]1CCCO1. The van der Waals surface area contributed by atoms with Gasteiger partial charge >= 0.3 is 0 Å². The Bertz CT molecular complexity index is 778. The Hall–Kier alpha value is -2.48. The minimum Gasteiger partial charge on any atom is -0.376 e. The van der Waals surface area contributed by atoms with Crippen molar-refractivity contribution >= 4 is 23.4 Å². The highest BCUT2D eigenvalue weighted by Gasteiger charge is 2.42. The first-order valence-corrected chi connectivity index (χ1v) is 9.35. The van der Waals surface area contributed by atoms with Crippen LogP contribution in [0.2, 0.25) is 0 Å². The van der Waals surface area contributed by atoms with E-state index in [4.69, 9.17) is 4.74 Å². The molecule has 1 N–H and O–H groups in total. The topological polar surface area (TPSA) is 79.0 Å². The third kappa shape index (κ3) is 3.41. The molecule has 0 unspecified atom stereocenters. The second-order valence-corrected chi connectivity index (χ2v) is 7.18. The number of nitrogens with zero attached hydrogens (tertiary/aromatic N) is 2. The van der Waals surface area contributed by atoms with Crippen LogP contribution in [-0.4, -0.2) is 61.0 Å². The number of fused-ring (bicyclic) bond motifs is 2. The Morgan fingerprint density at radius 3 is 2.89 bits per heavy atom. The van der Waals surface area contributed by atoms with Crippen molar-refractivity contribution in [3.05, 3.63) is 29.6 Å². The molecule has 2 saturated heterocycles. The number of hydrogen-bond donors (Lipinski definition) is 1. The van der Waals surface area contributed by atoms with E-state index in [9.17, 15) is 18.8 Å². The van der Waals surface area contributed by atoms with Crippen LogP contribution in [-0.2, 0) is 14.3 Å². The summed E-state index contributed by atoms with van der Waals surface area (Å²) in [5, 5.41) is 2.78. The number of halogens is 1. The normalized spacial score (nSPS) is 24.6. The summed E-state index contributed by atoms with van der Waals surface area (Å²) < 4.78 is 19.3. The number of nitrogens with one attached hydrogen (secondary N) is 1. The number of carbonyl (C=O) groups is 3. The minimum atomic E-state index is -0.598. The van der Waals surface area contributed by atoms with E-state index in [0.717, 1.165) is 25.3 Å². The summed E-state index contributed by atoms with van der Waals surface area (Å²) in [6.07, 6.45) is 3.14. The predicted molar refractivity (Wildman–Crippen MR) is 94.8 cm³/mol. The lowest BCUT2D eigenvalue weighted by atomic mass is 10.1. The van der Waals surface area contributed by atoms with Gasteiger partial charge in [0.15, 0.2) is 0 Å². The van der Waals surface area contributed by atoms with E-state index in [1.54, 1.807) is 0 Å². The van der Waals surface area contributed by atoms with E-state index in [1.807, 2.05) is 0 Å². The van der Waals surface area contributed by atoms with Gasteiger partial charge in [0.05, 0.1) is 17.4 Å². The maximum absolute atomic E-state index is 13.9. The average molecular weight is 375 g/mol. The van der Waals surface area contributed by atoms with E-state index in [-0.39, 0.29) is 41.6 Å². The van der Waals surface area contributed by atoms with Crippen LogP contribution >= 0.6 is 0 Å². The number of hydrogen-bond acceptors (Lipinski definition) is 4. The molecule has 3 aliphatic rings. The molecule has 144 valence electrons.